The summed E-state index contributed by atoms with van der Waals surface area (Å²) in [6, 6.07) is 13.3. The molecule has 1 unspecified atom stereocenters. The molecule has 0 amide bonds. The molecule has 2 N–H and O–H groups in total. The van der Waals surface area contributed by atoms with Gasteiger partial charge in [-0.2, -0.15) is 0 Å². The van der Waals surface area contributed by atoms with Crippen molar-refractivity contribution in [1.82, 2.24) is 15.5 Å². The van der Waals surface area contributed by atoms with E-state index in [2.05, 4.69) is 81.1 Å². The van der Waals surface area contributed by atoms with Crippen LogP contribution in [0.4, 0.5) is 5.69 Å². The fourth-order valence-corrected chi connectivity index (χ4v) is 4.25. The van der Waals surface area contributed by atoms with Gasteiger partial charge in [-0.1, -0.05) is 18.2 Å². The molecule has 1 fully saturated rings. The third-order valence-corrected chi connectivity index (χ3v) is 6.26. The third-order valence-electron chi connectivity index (χ3n) is 5.23. The summed E-state index contributed by atoms with van der Waals surface area (Å²) in [6.07, 6.45) is 0. The van der Waals surface area contributed by atoms with Crippen molar-refractivity contribution >= 4 is 23.0 Å². The van der Waals surface area contributed by atoms with Crippen LogP contribution in [0.3, 0.4) is 0 Å². The van der Waals surface area contributed by atoms with Crippen LogP contribution in [0.1, 0.15) is 17.4 Å². The Hall–Kier alpha value is -2.05. The van der Waals surface area contributed by atoms with Gasteiger partial charge in [-0.15, -0.1) is 11.3 Å². The number of para-hydroxylation sites is 1. The number of benzene rings is 1. The number of aryl methyl sites for hydroxylation is 1. The van der Waals surface area contributed by atoms with E-state index in [4.69, 9.17) is 0 Å². The van der Waals surface area contributed by atoms with Gasteiger partial charge in [0, 0.05) is 56.4 Å². The molecule has 0 spiro atoms. The molecule has 1 aromatic heterocycles. The monoisotopic (exact) mass is 385 g/mol. The molecular formula is C21H31N5S. The van der Waals surface area contributed by atoms with Gasteiger partial charge in [-0.3, -0.25) is 9.89 Å². The largest absolute Gasteiger partial charge is 0.369 e. The Morgan fingerprint density at radius 3 is 2.48 bits per heavy atom. The summed E-state index contributed by atoms with van der Waals surface area (Å²) < 4.78 is 0. The van der Waals surface area contributed by atoms with Crippen LogP contribution in [0.5, 0.6) is 0 Å². The maximum Gasteiger partial charge on any atom is 0.191 e. The second-order valence-electron chi connectivity index (χ2n) is 7.04. The molecule has 5 nitrogen and oxygen atoms in total. The van der Waals surface area contributed by atoms with Gasteiger partial charge in [0.1, 0.15) is 0 Å². The minimum absolute atomic E-state index is 0.477. The first kappa shape index (κ1) is 19.7. The van der Waals surface area contributed by atoms with Crippen molar-refractivity contribution in [2.45, 2.75) is 26.4 Å². The Kier molecular flexibility index (Phi) is 7.12. The number of aliphatic imine (C=N–C) groups is 1. The van der Waals surface area contributed by atoms with E-state index >= 15 is 0 Å². The summed E-state index contributed by atoms with van der Waals surface area (Å²) in [5.41, 5.74) is 2.67. The Balaban J connectivity index is 1.41. The lowest BCUT2D eigenvalue weighted by atomic mass is 10.2. The number of thiophene rings is 1. The van der Waals surface area contributed by atoms with Gasteiger partial charge in [0.15, 0.2) is 5.96 Å². The SMILES string of the molecule is CN=C(NCc1sccc1C)NCC(C)N1CCN(c2ccccc2)CC1. The number of hydrogen-bond acceptors (Lipinski definition) is 4. The summed E-state index contributed by atoms with van der Waals surface area (Å²) in [5.74, 6) is 0.873. The van der Waals surface area contributed by atoms with Gasteiger partial charge in [-0.25, -0.2) is 0 Å². The van der Waals surface area contributed by atoms with Crippen LogP contribution < -0.4 is 15.5 Å². The van der Waals surface area contributed by atoms with Crippen LogP contribution in [-0.2, 0) is 6.54 Å². The third kappa shape index (κ3) is 5.47. The maximum atomic E-state index is 4.36. The molecule has 1 aliphatic rings. The van der Waals surface area contributed by atoms with Gasteiger partial charge in [0.05, 0.1) is 6.54 Å². The Morgan fingerprint density at radius 1 is 1.11 bits per heavy atom. The first-order chi connectivity index (χ1) is 13.2. The van der Waals surface area contributed by atoms with Gasteiger partial charge in [-0.05, 0) is 43.0 Å². The lowest BCUT2D eigenvalue weighted by Gasteiger charge is -2.39. The summed E-state index contributed by atoms with van der Waals surface area (Å²) in [5, 5.41) is 9.04. The molecule has 27 heavy (non-hydrogen) atoms. The quantitative estimate of drug-likeness (QED) is 0.593. The van der Waals surface area contributed by atoms with Gasteiger partial charge < -0.3 is 15.5 Å². The summed E-state index contributed by atoms with van der Waals surface area (Å²) in [6.45, 7) is 10.5. The van der Waals surface area contributed by atoms with E-state index in [0.29, 0.717) is 6.04 Å². The Morgan fingerprint density at radius 2 is 1.85 bits per heavy atom. The minimum Gasteiger partial charge on any atom is -0.369 e. The summed E-state index contributed by atoms with van der Waals surface area (Å²) >= 11 is 1.79. The number of rotatable bonds is 6. The topological polar surface area (TPSA) is 42.9 Å². The lowest BCUT2D eigenvalue weighted by Crippen LogP contribution is -2.53. The number of hydrogen-bond donors (Lipinski definition) is 2. The van der Waals surface area contributed by atoms with Crippen LogP contribution in [0.2, 0.25) is 0 Å². The molecule has 146 valence electrons. The van der Waals surface area contributed by atoms with Gasteiger partial charge in [0.25, 0.3) is 0 Å². The van der Waals surface area contributed by atoms with Crippen molar-refractivity contribution in [3.05, 3.63) is 52.2 Å². The molecule has 2 heterocycles. The lowest BCUT2D eigenvalue weighted by molar-refractivity contribution is 0.197. The van der Waals surface area contributed by atoms with E-state index in [1.54, 1.807) is 11.3 Å². The molecule has 0 radical (unpaired) electrons. The highest BCUT2D eigenvalue weighted by atomic mass is 32.1. The molecule has 0 saturated carbocycles. The van der Waals surface area contributed by atoms with Crippen LogP contribution >= 0.6 is 11.3 Å². The van der Waals surface area contributed by atoms with Crippen molar-refractivity contribution in [3.63, 3.8) is 0 Å². The number of nitrogens with zero attached hydrogens (tertiary/aromatic N) is 3. The van der Waals surface area contributed by atoms with E-state index < -0.39 is 0 Å². The average molecular weight is 386 g/mol. The normalized spacial score (nSPS) is 17.0. The van der Waals surface area contributed by atoms with Gasteiger partial charge in [0.2, 0.25) is 0 Å². The number of nitrogens with one attached hydrogen (secondary N) is 2. The predicted octanol–water partition coefficient (Wildman–Crippen LogP) is 2.93. The molecule has 6 heteroatoms. The zero-order valence-electron chi connectivity index (χ0n) is 16.6. The second kappa shape index (κ2) is 9.76. The number of guanidine groups is 1. The highest BCUT2D eigenvalue weighted by Crippen LogP contribution is 2.16. The molecule has 0 aliphatic carbocycles. The molecular weight excluding hydrogens is 354 g/mol. The Bertz CT molecular complexity index is 719. The van der Waals surface area contributed by atoms with Crippen molar-refractivity contribution in [2.24, 2.45) is 4.99 Å². The smallest absolute Gasteiger partial charge is 0.191 e. The van der Waals surface area contributed by atoms with Gasteiger partial charge >= 0.3 is 0 Å². The van der Waals surface area contributed by atoms with E-state index in [9.17, 15) is 0 Å². The van der Waals surface area contributed by atoms with Crippen molar-refractivity contribution < 1.29 is 0 Å². The van der Waals surface area contributed by atoms with Crippen molar-refractivity contribution in [1.29, 1.82) is 0 Å². The molecule has 1 atom stereocenters. The molecule has 0 bridgehead atoms. The zero-order valence-corrected chi connectivity index (χ0v) is 17.4. The maximum absolute atomic E-state index is 4.36. The number of piperazine rings is 1. The second-order valence-corrected chi connectivity index (χ2v) is 8.04. The number of anilines is 1. The highest BCUT2D eigenvalue weighted by Gasteiger charge is 2.21. The Labute approximate surface area is 167 Å². The molecule has 2 aromatic rings. The predicted molar refractivity (Wildman–Crippen MR) is 117 cm³/mol. The standard InChI is InChI=1S/C21H31N5S/c1-17-9-14-27-20(17)16-24-21(22-3)23-15-18(2)25-10-12-26(13-11-25)19-7-5-4-6-8-19/h4-9,14,18H,10-13,15-16H2,1-3H3,(H2,22,23,24). The molecule has 1 aliphatic heterocycles. The fourth-order valence-electron chi connectivity index (χ4n) is 3.40. The molecule has 1 aromatic carbocycles. The minimum atomic E-state index is 0.477. The summed E-state index contributed by atoms with van der Waals surface area (Å²) in [4.78, 5) is 10.8. The molecule has 3 rings (SSSR count). The van der Waals surface area contributed by atoms with Crippen LogP contribution in [0.25, 0.3) is 0 Å². The van der Waals surface area contributed by atoms with Crippen LogP contribution in [-0.4, -0.2) is 56.7 Å². The first-order valence-electron chi connectivity index (χ1n) is 9.69. The van der Waals surface area contributed by atoms with E-state index in [1.807, 2.05) is 7.05 Å². The fraction of sp³-hybridized carbons (Fsp3) is 0.476. The average Bonchev–Trinajstić information content (AvgIpc) is 3.13. The van der Waals surface area contributed by atoms with Crippen LogP contribution in [0.15, 0.2) is 46.8 Å². The first-order valence-corrected chi connectivity index (χ1v) is 10.6. The van der Waals surface area contributed by atoms with E-state index in [1.165, 1.54) is 16.1 Å². The zero-order chi connectivity index (χ0) is 19.1. The van der Waals surface area contributed by atoms with Crippen molar-refractivity contribution in [3.8, 4) is 0 Å². The molecule has 1 saturated heterocycles. The van der Waals surface area contributed by atoms with Crippen molar-refractivity contribution in [2.75, 3.05) is 44.7 Å². The highest BCUT2D eigenvalue weighted by molar-refractivity contribution is 7.10. The van der Waals surface area contributed by atoms with E-state index in [-0.39, 0.29) is 0 Å². The van der Waals surface area contributed by atoms with Crippen LogP contribution in [0, 0.1) is 6.92 Å². The summed E-state index contributed by atoms with van der Waals surface area (Å²) in [7, 11) is 1.83. The van der Waals surface area contributed by atoms with E-state index in [0.717, 1.165) is 45.2 Å².